The average Bonchev–Trinajstić information content (AvgIpc) is 2.90. The van der Waals surface area contributed by atoms with Gasteiger partial charge in [-0.25, -0.2) is 0 Å². The van der Waals surface area contributed by atoms with Crippen molar-refractivity contribution in [3.05, 3.63) is 54.9 Å². The normalized spacial score (nSPS) is 23.2. The summed E-state index contributed by atoms with van der Waals surface area (Å²) in [5.41, 5.74) is 3.57. The molecule has 0 spiro atoms. The zero-order valence-corrected chi connectivity index (χ0v) is 28.5. The second-order valence-electron chi connectivity index (χ2n) is 11.4. The van der Waals surface area contributed by atoms with Gasteiger partial charge < -0.3 is 0 Å². The van der Waals surface area contributed by atoms with E-state index in [1.807, 2.05) is 18.2 Å². The predicted octanol–water partition coefficient (Wildman–Crippen LogP) is 13.6. The number of hydrogen-bond donors (Lipinski definition) is 0. The Balaban J connectivity index is 0.000000317. The van der Waals surface area contributed by atoms with Gasteiger partial charge in [0.25, 0.3) is 0 Å². The van der Waals surface area contributed by atoms with Crippen LogP contribution in [0.25, 0.3) is 0 Å². The number of nitrogens with zero attached hydrogens (tertiary/aromatic N) is 1. The molecule has 1 aromatic heterocycles. The van der Waals surface area contributed by atoms with Crippen molar-refractivity contribution in [2.45, 2.75) is 139 Å². The van der Waals surface area contributed by atoms with Crippen molar-refractivity contribution in [1.29, 1.82) is 0 Å². The van der Waals surface area contributed by atoms with E-state index in [0.717, 1.165) is 0 Å². The Morgan fingerprint density at radius 3 is 0.927 bits per heavy atom. The molecule has 10 heteroatoms. The smallest absolute Gasteiger partial charge is 0.0267 e. The maximum absolute atomic E-state index is 10.7. The van der Waals surface area contributed by atoms with Crippen molar-refractivity contribution < 1.29 is 45.3 Å². The Morgan fingerprint density at radius 1 is 0.463 bits per heavy atom. The average molecular weight is 805 g/mol. The molecule has 0 N–H and O–H groups in total. The summed E-state index contributed by atoms with van der Waals surface area (Å²) in [6.07, 6.45) is 41.1. The summed E-state index contributed by atoms with van der Waals surface area (Å²) < 4.78 is 59.2. The van der Waals surface area contributed by atoms with Gasteiger partial charge in [-0.1, -0.05) is 96.1 Å². The first-order valence-electron chi connectivity index (χ1n) is 15.4. The molecule has 0 atom stereocenters. The van der Waals surface area contributed by atoms with Crippen LogP contribution in [0, 0.1) is 0 Å². The summed E-state index contributed by atoms with van der Waals surface area (Å²) in [4.78, 5) is 3.78. The van der Waals surface area contributed by atoms with Crippen molar-refractivity contribution in [1.82, 2.24) is 4.98 Å². The third-order valence-corrected chi connectivity index (χ3v) is 12.0. The SMILES string of the molecule is C1=CCC/C=C\CC1.C1CCC(P(C2CCCCC2)C2CCCCC2)CC1.F[P-](F)(F)(F)(F)F.[Ir].c1ccncc1. The van der Waals surface area contributed by atoms with E-state index in [4.69, 9.17) is 0 Å². The molecule has 4 aliphatic carbocycles. The molecule has 4 aliphatic rings. The molecule has 3 saturated carbocycles. The van der Waals surface area contributed by atoms with Crippen LogP contribution in [0.4, 0.5) is 25.2 Å². The van der Waals surface area contributed by atoms with Crippen LogP contribution in [0.2, 0.25) is 0 Å². The number of aromatic nitrogens is 1. The van der Waals surface area contributed by atoms with Crippen LogP contribution in [-0.2, 0) is 20.1 Å². The van der Waals surface area contributed by atoms with Gasteiger partial charge in [0, 0.05) is 32.5 Å². The molecule has 0 aliphatic heterocycles. The molecule has 41 heavy (non-hydrogen) atoms. The van der Waals surface area contributed by atoms with Crippen molar-refractivity contribution in [2.75, 3.05) is 0 Å². The van der Waals surface area contributed by atoms with Crippen LogP contribution >= 0.6 is 15.7 Å². The van der Waals surface area contributed by atoms with Gasteiger partial charge >= 0.3 is 33.0 Å². The van der Waals surface area contributed by atoms with Crippen LogP contribution in [0.5, 0.6) is 0 Å². The minimum Gasteiger partial charge on any atom is -0.265 e. The van der Waals surface area contributed by atoms with Gasteiger partial charge in [0.2, 0.25) is 0 Å². The third kappa shape index (κ3) is 22.9. The maximum atomic E-state index is 9.87. The first-order valence-corrected chi connectivity index (χ1v) is 19.0. The quantitative estimate of drug-likeness (QED) is 0.168. The summed E-state index contributed by atoms with van der Waals surface area (Å²) in [6.45, 7) is 0. The second kappa shape index (κ2) is 19.2. The van der Waals surface area contributed by atoms with Crippen molar-refractivity contribution >= 4 is 15.7 Å². The molecular formula is C31H50F6IrNP2-. The molecule has 0 bridgehead atoms. The molecule has 1 aromatic rings. The first kappa shape index (κ1) is 38.7. The molecule has 241 valence electrons. The van der Waals surface area contributed by atoms with Crippen LogP contribution in [0.1, 0.15) is 122 Å². The predicted molar refractivity (Wildman–Crippen MR) is 162 cm³/mol. The Hall–Kier alpha value is -0.281. The van der Waals surface area contributed by atoms with E-state index < -0.39 is 7.81 Å². The molecule has 5 rings (SSSR count). The largest absolute Gasteiger partial charge is 0.265 e. The van der Waals surface area contributed by atoms with Gasteiger partial charge in [0.1, 0.15) is 0 Å². The van der Waals surface area contributed by atoms with Crippen LogP contribution in [0.15, 0.2) is 54.9 Å². The molecule has 1 radical (unpaired) electrons. The molecule has 0 unspecified atom stereocenters. The van der Waals surface area contributed by atoms with E-state index in [1.165, 1.54) is 61.9 Å². The fraction of sp³-hybridized carbons (Fsp3) is 0.710. The fourth-order valence-electron chi connectivity index (χ4n) is 6.20. The first-order chi connectivity index (χ1) is 18.9. The zero-order chi connectivity index (χ0) is 29.2. The summed E-state index contributed by atoms with van der Waals surface area (Å²) in [5, 5.41) is 0. The Kier molecular flexibility index (Phi) is 18.1. The summed E-state index contributed by atoms with van der Waals surface area (Å²) in [7, 11) is -10.3. The Labute approximate surface area is 259 Å². The van der Waals surface area contributed by atoms with E-state index >= 15 is 0 Å². The molecular weight excluding hydrogens is 755 g/mol. The molecule has 1 heterocycles. The van der Waals surface area contributed by atoms with E-state index in [9.17, 15) is 25.2 Å². The van der Waals surface area contributed by atoms with Crippen molar-refractivity contribution in [3.63, 3.8) is 0 Å². The number of halogens is 6. The third-order valence-electron chi connectivity index (χ3n) is 7.89. The summed E-state index contributed by atoms with van der Waals surface area (Å²) >= 11 is 0. The Bertz CT molecular complexity index is 727. The number of pyridine rings is 1. The minimum absolute atomic E-state index is 0. The van der Waals surface area contributed by atoms with Crippen LogP contribution < -0.4 is 0 Å². The molecule has 3 fully saturated rings. The number of rotatable bonds is 3. The van der Waals surface area contributed by atoms with E-state index in [-0.39, 0.29) is 20.1 Å². The standard InChI is InChI=1S/C18H33P.C8H12.C5H5N.F6P.Ir/c1-4-10-16(11-5-1)19(17-12-6-2-7-13-17)18-14-8-3-9-15-18;1-2-4-6-8-7-5-3-1;1-2-4-6-5-3-1;1-7(2,3,4,5)6;/h16-18H,1-15H2;1-2,7-8H,3-6H2;1-5H;;/q;;;-1;/b;2-1-,8-7?;;;. The van der Waals surface area contributed by atoms with Crippen molar-refractivity contribution in [2.24, 2.45) is 0 Å². The zero-order valence-electron chi connectivity index (χ0n) is 24.3. The van der Waals surface area contributed by atoms with Gasteiger partial charge in [-0.15, -0.1) is 0 Å². The van der Waals surface area contributed by atoms with Gasteiger partial charge in [-0.2, -0.15) is 0 Å². The number of hydrogen-bond acceptors (Lipinski definition) is 1. The molecule has 0 amide bonds. The second-order valence-corrected chi connectivity index (χ2v) is 16.4. The fourth-order valence-corrected chi connectivity index (χ4v) is 10.9. The molecule has 1 nitrogen and oxygen atoms in total. The summed E-state index contributed by atoms with van der Waals surface area (Å²) in [5.74, 6) is 0. The van der Waals surface area contributed by atoms with E-state index in [0.29, 0.717) is 7.92 Å². The maximum Gasteiger partial charge on any atom is 0.0267 e. The monoisotopic (exact) mass is 805 g/mol. The topological polar surface area (TPSA) is 12.9 Å². The minimum atomic E-state index is -10.7. The van der Waals surface area contributed by atoms with Gasteiger partial charge in [0.15, 0.2) is 0 Å². The van der Waals surface area contributed by atoms with Gasteiger partial charge in [-0.05, 0) is 93.3 Å². The van der Waals surface area contributed by atoms with Gasteiger partial charge in [-0.3, -0.25) is 4.98 Å². The molecule has 0 aromatic carbocycles. The van der Waals surface area contributed by atoms with Crippen molar-refractivity contribution in [3.8, 4) is 0 Å². The van der Waals surface area contributed by atoms with Gasteiger partial charge in [0.05, 0.1) is 0 Å². The van der Waals surface area contributed by atoms with Crippen LogP contribution in [0.3, 0.4) is 0 Å². The number of allylic oxidation sites excluding steroid dienone is 4. The molecule has 0 saturated heterocycles. The Morgan fingerprint density at radius 2 is 0.732 bits per heavy atom. The van der Waals surface area contributed by atoms with E-state index in [1.54, 1.807) is 89.4 Å². The van der Waals surface area contributed by atoms with E-state index in [2.05, 4.69) is 29.3 Å². The summed E-state index contributed by atoms with van der Waals surface area (Å²) in [6, 6.07) is 5.72. The van der Waals surface area contributed by atoms with Crippen LogP contribution in [-0.4, -0.2) is 22.0 Å².